The number of carbonyl (C=O) groups is 1. The van der Waals surface area contributed by atoms with Crippen molar-refractivity contribution < 1.29 is 9.53 Å². The molecule has 0 amide bonds. The lowest BCUT2D eigenvalue weighted by Crippen LogP contribution is -2.16. The average Bonchev–Trinajstić information content (AvgIpc) is 2.34. The third-order valence-electron chi connectivity index (χ3n) is 1.75. The monoisotopic (exact) mass is 238 g/mol. The molecule has 1 N–H and O–H groups in total. The Morgan fingerprint density at radius 1 is 1.69 bits per heavy atom. The minimum atomic E-state index is -0.423. The second-order valence-electron chi connectivity index (χ2n) is 2.65. The van der Waals surface area contributed by atoms with Crippen LogP contribution in [0.15, 0.2) is 11.4 Å². The topological polar surface area (TPSA) is 87.9 Å². The summed E-state index contributed by atoms with van der Waals surface area (Å²) in [5.41, 5.74) is 0.332. The van der Waals surface area contributed by atoms with Crippen LogP contribution in [0.4, 0.5) is 5.82 Å². The van der Waals surface area contributed by atoms with Gasteiger partial charge in [0.05, 0.1) is 7.11 Å². The Morgan fingerprint density at radius 2 is 2.44 bits per heavy atom. The van der Waals surface area contributed by atoms with Gasteiger partial charge in [-0.15, -0.1) is 11.8 Å². The van der Waals surface area contributed by atoms with Crippen molar-refractivity contribution in [2.24, 2.45) is 0 Å². The van der Waals surface area contributed by atoms with E-state index in [9.17, 15) is 4.79 Å². The molecule has 0 aromatic carbocycles. The number of ether oxygens (including phenoxy) is 1. The number of thioether (sulfide) groups is 1. The maximum atomic E-state index is 10.9. The average molecular weight is 238 g/mol. The normalized spacial score (nSPS) is 9.31. The molecule has 84 valence electrons. The first-order valence-electron chi connectivity index (χ1n) is 4.32. The smallest absolute Gasteiger partial charge is 0.325 e. The second-order valence-corrected chi connectivity index (χ2v) is 3.44. The highest BCUT2D eigenvalue weighted by Crippen LogP contribution is 2.21. The number of rotatable bonds is 4. The maximum Gasteiger partial charge on any atom is 0.325 e. The van der Waals surface area contributed by atoms with E-state index in [2.05, 4.69) is 20.0 Å². The Kier molecular flexibility index (Phi) is 4.54. The van der Waals surface area contributed by atoms with Crippen molar-refractivity contribution in [1.82, 2.24) is 9.97 Å². The highest BCUT2D eigenvalue weighted by atomic mass is 32.2. The summed E-state index contributed by atoms with van der Waals surface area (Å²) >= 11 is 1.34. The summed E-state index contributed by atoms with van der Waals surface area (Å²) in [6.07, 6.45) is 3.15. The van der Waals surface area contributed by atoms with Gasteiger partial charge in [0.2, 0.25) is 0 Å². The molecule has 0 radical (unpaired) electrons. The van der Waals surface area contributed by atoms with E-state index < -0.39 is 5.97 Å². The molecule has 0 atom stereocenters. The number of hydrogen-bond donors (Lipinski definition) is 1. The Labute approximate surface area is 97.0 Å². The van der Waals surface area contributed by atoms with E-state index in [1.165, 1.54) is 25.2 Å². The molecule has 1 aromatic rings. The van der Waals surface area contributed by atoms with Crippen molar-refractivity contribution in [2.75, 3.05) is 25.2 Å². The number of nitrogens with zero attached hydrogens (tertiary/aromatic N) is 3. The molecule has 0 aliphatic rings. The van der Waals surface area contributed by atoms with Gasteiger partial charge in [-0.1, -0.05) is 0 Å². The molecule has 0 unspecified atom stereocenters. The van der Waals surface area contributed by atoms with Crippen LogP contribution >= 0.6 is 11.8 Å². The molecule has 0 fully saturated rings. The molecule has 0 aliphatic heterocycles. The number of carbonyl (C=O) groups excluding carboxylic acids is 1. The van der Waals surface area contributed by atoms with E-state index in [1.54, 1.807) is 0 Å². The molecule has 0 bridgehead atoms. The van der Waals surface area contributed by atoms with Gasteiger partial charge in [0.1, 0.15) is 35.3 Å². The molecule has 0 saturated heterocycles. The third kappa shape index (κ3) is 2.84. The summed E-state index contributed by atoms with van der Waals surface area (Å²) in [7, 11) is 1.29. The minimum Gasteiger partial charge on any atom is -0.468 e. The zero-order chi connectivity index (χ0) is 12.0. The highest BCUT2D eigenvalue weighted by molar-refractivity contribution is 7.98. The predicted octanol–water partition coefficient (Wildman–Crippen LogP) is 0.655. The van der Waals surface area contributed by atoms with Crippen LogP contribution in [0.1, 0.15) is 5.56 Å². The Bertz CT molecular complexity index is 430. The van der Waals surface area contributed by atoms with Crippen LogP contribution in [0, 0.1) is 11.3 Å². The minimum absolute atomic E-state index is 0.0317. The zero-order valence-electron chi connectivity index (χ0n) is 8.85. The van der Waals surface area contributed by atoms with Crippen molar-refractivity contribution >= 4 is 23.5 Å². The van der Waals surface area contributed by atoms with Crippen LogP contribution in [0.25, 0.3) is 0 Å². The molecule has 6 nitrogen and oxygen atoms in total. The number of esters is 1. The summed E-state index contributed by atoms with van der Waals surface area (Å²) in [5.74, 6) is -0.0829. The maximum absolute atomic E-state index is 10.9. The number of hydrogen-bond acceptors (Lipinski definition) is 7. The van der Waals surface area contributed by atoms with E-state index in [0.717, 1.165) is 0 Å². The molecule has 0 spiro atoms. The summed E-state index contributed by atoms with van der Waals surface area (Å²) < 4.78 is 4.47. The number of nitrogens with one attached hydrogen (secondary N) is 1. The summed E-state index contributed by atoms with van der Waals surface area (Å²) in [6.45, 7) is -0.0317. The number of nitriles is 1. The molecule has 16 heavy (non-hydrogen) atoms. The van der Waals surface area contributed by atoms with Gasteiger partial charge in [-0.25, -0.2) is 9.97 Å². The fraction of sp³-hybridized carbons (Fsp3) is 0.333. The van der Waals surface area contributed by atoms with Crippen molar-refractivity contribution in [2.45, 2.75) is 5.03 Å². The lowest BCUT2D eigenvalue weighted by atomic mass is 10.3. The predicted molar refractivity (Wildman–Crippen MR) is 59.0 cm³/mol. The Hall–Kier alpha value is -1.81. The van der Waals surface area contributed by atoms with Crippen LogP contribution in [-0.2, 0) is 9.53 Å². The van der Waals surface area contributed by atoms with Gasteiger partial charge in [0.15, 0.2) is 0 Å². The first-order chi connectivity index (χ1) is 7.72. The van der Waals surface area contributed by atoms with Gasteiger partial charge in [0.25, 0.3) is 0 Å². The Balaban J connectivity index is 2.88. The van der Waals surface area contributed by atoms with Crippen molar-refractivity contribution in [3.05, 3.63) is 11.9 Å². The lowest BCUT2D eigenvalue weighted by Gasteiger charge is -2.07. The SMILES string of the molecule is COC(=O)CNc1ncnc(SC)c1C#N. The summed E-state index contributed by atoms with van der Waals surface area (Å²) in [6, 6.07) is 2.00. The Morgan fingerprint density at radius 3 is 3.00 bits per heavy atom. The fourth-order valence-electron chi connectivity index (χ4n) is 0.987. The zero-order valence-corrected chi connectivity index (χ0v) is 9.67. The highest BCUT2D eigenvalue weighted by Gasteiger charge is 2.11. The first-order valence-corrected chi connectivity index (χ1v) is 5.55. The summed E-state index contributed by atoms with van der Waals surface area (Å²) in [4.78, 5) is 18.8. The second kappa shape index (κ2) is 5.92. The van der Waals surface area contributed by atoms with Crippen LogP contribution in [0.3, 0.4) is 0 Å². The van der Waals surface area contributed by atoms with E-state index in [0.29, 0.717) is 16.4 Å². The summed E-state index contributed by atoms with van der Waals surface area (Å²) in [5, 5.41) is 12.3. The number of aromatic nitrogens is 2. The van der Waals surface area contributed by atoms with Crippen molar-refractivity contribution in [3.63, 3.8) is 0 Å². The molecular weight excluding hydrogens is 228 g/mol. The number of methoxy groups -OCH3 is 1. The van der Waals surface area contributed by atoms with Gasteiger partial charge >= 0.3 is 5.97 Å². The van der Waals surface area contributed by atoms with E-state index >= 15 is 0 Å². The van der Waals surface area contributed by atoms with Crippen molar-refractivity contribution in [3.8, 4) is 6.07 Å². The van der Waals surface area contributed by atoms with Crippen LogP contribution < -0.4 is 5.32 Å². The van der Waals surface area contributed by atoms with E-state index in [1.807, 2.05) is 12.3 Å². The largest absolute Gasteiger partial charge is 0.468 e. The quantitative estimate of drug-likeness (QED) is 0.468. The number of anilines is 1. The molecule has 1 rings (SSSR count). The molecular formula is C9H10N4O2S. The van der Waals surface area contributed by atoms with E-state index in [4.69, 9.17) is 5.26 Å². The lowest BCUT2D eigenvalue weighted by molar-refractivity contribution is -0.138. The first kappa shape index (κ1) is 12.3. The van der Waals surface area contributed by atoms with Crippen LogP contribution in [0.5, 0.6) is 0 Å². The molecule has 0 saturated carbocycles. The van der Waals surface area contributed by atoms with Gasteiger partial charge in [-0.3, -0.25) is 4.79 Å². The molecule has 0 aliphatic carbocycles. The van der Waals surface area contributed by atoms with Crippen molar-refractivity contribution in [1.29, 1.82) is 5.26 Å². The van der Waals surface area contributed by atoms with Crippen LogP contribution in [0.2, 0.25) is 0 Å². The van der Waals surface area contributed by atoms with Crippen LogP contribution in [-0.4, -0.2) is 35.8 Å². The van der Waals surface area contributed by atoms with Gasteiger partial charge < -0.3 is 10.1 Å². The van der Waals surface area contributed by atoms with Gasteiger partial charge in [0, 0.05) is 0 Å². The van der Waals surface area contributed by atoms with Gasteiger partial charge in [-0.2, -0.15) is 5.26 Å². The van der Waals surface area contributed by atoms with Gasteiger partial charge in [-0.05, 0) is 6.26 Å². The fourth-order valence-corrected chi connectivity index (χ4v) is 1.49. The standard InChI is InChI=1S/C9H10N4O2S/c1-15-7(14)4-11-8-6(3-10)9(16-2)13-5-12-8/h5H,4H2,1-2H3,(H,11,12,13). The third-order valence-corrected chi connectivity index (χ3v) is 2.44. The molecule has 1 heterocycles. The molecule has 1 aromatic heterocycles. The molecule has 7 heteroatoms. The van der Waals surface area contributed by atoms with E-state index in [-0.39, 0.29) is 6.54 Å².